The van der Waals surface area contributed by atoms with E-state index in [-0.39, 0.29) is 101 Å². The highest BCUT2D eigenvalue weighted by Gasteiger charge is 2.29. The van der Waals surface area contributed by atoms with E-state index in [0.29, 0.717) is 40.0 Å². The van der Waals surface area contributed by atoms with Gasteiger partial charge in [-0.3, -0.25) is 58.1 Å². The van der Waals surface area contributed by atoms with Gasteiger partial charge in [-0.1, -0.05) is 114 Å². The van der Waals surface area contributed by atoms with Crippen LogP contribution in [0.25, 0.3) is 10.8 Å². The fourth-order valence-corrected chi connectivity index (χ4v) is 11.5. The van der Waals surface area contributed by atoms with E-state index >= 15 is 0 Å². The number of phosphoric acid groups is 3. The largest absolute Gasteiger partial charge is 0.524 e. The zero-order chi connectivity index (χ0) is 73.4. The average Bonchev–Trinajstić information content (AvgIpc) is 0.828. The number of amides is 6. The number of fused-ring (bicyclic) bond motifs is 1. The quantitative estimate of drug-likeness (QED) is 0.0192. The van der Waals surface area contributed by atoms with E-state index in [2.05, 4.69) is 88.1 Å². The molecule has 0 saturated heterocycles. The molecular weight excluding hydrogens is 1340 g/mol. The molecule has 0 radical (unpaired) electrons. The second-order valence-electron chi connectivity index (χ2n) is 24.8. The van der Waals surface area contributed by atoms with Crippen LogP contribution in [0, 0.1) is 17.8 Å². The van der Waals surface area contributed by atoms with Crippen LogP contribution in [-0.2, 0) is 47.3 Å². The van der Waals surface area contributed by atoms with Crippen LogP contribution in [0.5, 0.6) is 17.2 Å². The normalized spacial score (nSPS) is 13.3. The van der Waals surface area contributed by atoms with Crippen molar-refractivity contribution in [3.05, 3.63) is 179 Å². The molecule has 32 heteroatoms. The lowest BCUT2D eigenvalue weighted by Crippen LogP contribution is -2.50. The van der Waals surface area contributed by atoms with Crippen LogP contribution in [-0.4, -0.2) is 116 Å². The van der Waals surface area contributed by atoms with Gasteiger partial charge in [-0.05, 0) is 140 Å². The predicted molar refractivity (Wildman–Crippen MR) is 372 cm³/mol. The van der Waals surface area contributed by atoms with Crippen LogP contribution in [0.15, 0.2) is 146 Å². The Kier molecular flexibility index (Phi) is 30.7. The van der Waals surface area contributed by atoms with Crippen LogP contribution >= 0.6 is 23.5 Å². The van der Waals surface area contributed by atoms with Gasteiger partial charge in [0.25, 0.3) is 17.7 Å². The van der Waals surface area contributed by atoms with Crippen LogP contribution in [0.3, 0.4) is 0 Å². The lowest BCUT2D eigenvalue weighted by molar-refractivity contribution is -0.124. The summed E-state index contributed by atoms with van der Waals surface area (Å²) in [6, 6.07) is 30.9. The summed E-state index contributed by atoms with van der Waals surface area (Å²) >= 11 is 0. The number of rotatable bonds is 30. The van der Waals surface area contributed by atoms with Gasteiger partial charge in [-0.2, -0.15) is 0 Å². The van der Waals surface area contributed by atoms with Crippen LogP contribution < -0.4 is 56.9 Å². The fourth-order valence-electron chi connectivity index (χ4n) is 10.3. The van der Waals surface area contributed by atoms with Gasteiger partial charge >= 0.3 is 23.5 Å². The van der Waals surface area contributed by atoms with Crippen molar-refractivity contribution in [2.75, 3.05) is 11.5 Å². The molecule has 0 fully saturated rings. The Hall–Kier alpha value is -9.14. The molecule has 534 valence electrons. The van der Waals surface area contributed by atoms with E-state index in [4.69, 9.17) is 40.8 Å². The smallest absolute Gasteiger partial charge is 0.404 e. The molecule has 6 atom stereocenters. The molecular formula is C67H88N11O18P3. The monoisotopic (exact) mass is 1430 g/mol. The van der Waals surface area contributed by atoms with Gasteiger partial charge in [-0.25, -0.2) is 28.6 Å². The number of phosphoric ester groups is 3. The second kappa shape index (κ2) is 37.7. The molecule has 6 amide bonds. The molecule has 7 rings (SSSR count). The molecule has 0 bridgehead atoms. The number of pyridine rings is 1. The van der Waals surface area contributed by atoms with Gasteiger partial charge in [0.2, 0.25) is 17.7 Å². The first-order valence-electron chi connectivity index (χ1n) is 31.5. The van der Waals surface area contributed by atoms with Crippen LogP contribution in [0.1, 0.15) is 129 Å². The van der Waals surface area contributed by atoms with E-state index in [1.54, 1.807) is 48.5 Å². The number of nitrogens with two attached hydrogens (primary N) is 2. The lowest BCUT2D eigenvalue weighted by Gasteiger charge is -2.23. The van der Waals surface area contributed by atoms with Crippen molar-refractivity contribution in [2.24, 2.45) is 17.8 Å². The summed E-state index contributed by atoms with van der Waals surface area (Å²) in [5.41, 5.74) is 13.8. The SMILES string of the molecule is CC(C)CC(C)NC(=O)C(Cc1ccc(OP(=O)(O)O)cc1)NC(=O)c1ccc(N)nc1.CC(C)CC(C)NC(=O)C(Cc1ccc(OP(=O)(O)O)cc1)NC(=O)c1cccc2ccccc12.CC(C)CC(C)NC(=O)C(Cc1ccc(OP(=O)(O)O)cc1)NC(=O)c1cnc(N)cn1. The molecule has 0 aliphatic carbocycles. The maximum Gasteiger partial charge on any atom is 0.524 e. The minimum Gasteiger partial charge on any atom is -0.404 e. The summed E-state index contributed by atoms with van der Waals surface area (Å²) in [6.07, 6.45) is 6.61. The first-order valence-corrected chi connectivity index (χ1v) is 36.1. The number of anilines is 2. The molecule has 7 aromatic rings. The fraction of sp³-hybridized carbons (Fsp3) is 0.358. The molecule has 0 aliphatic heterocycles. The number of carbonyl (C=O) groups excluding carboxylic acids is 6. The Morgan fingerprint density at radius 1 is 0.404 bits per heavy atom. The highest BCUT2D eigenvalue weighted by atomic mass is 31.2. The molecule has 6 unspecified atom stereocenters. The molecule has 16 N–H and O–H groups in total. The van der Waals surface area contributed by atoms with Crippen LogP contribution in [0.2, 0.25) is 0 Å². The van der Waals surface area contributed by atoms with Gasteiger partial charge in [0.15, 0.2) is 0 Å². The van der Waals surface area contributed by atoms with Crippen molar-refractivity contribution in [3.8, 4) is 17.2 Å². The summed E-state index contributed by atoms with van der Waals surface area (Å²) in [4.78, 5) is 143. The maximum absolute atomic E-state index is 13.2. The number of benzene rings is 5. The van der Waals surface area contributed by atoms with E-state index in [9.17, 15) is 42.5 Å². The summed E-state index contributed by atoms with van der Waals surface area (Å²) in [5, 5.41) is 18.8. The molecule has 0 spiro atoms. The molecule has 2 heterocycles. The first-order chi connectivity index (χ1) is 46.4. The number of hydrogen-bond acceptors (Lipinski definition) is 17. The molecule has 0 saturated carbocycles. The molecule has 2 aromatic heterocycles. The summed E-state index contributed by atoms with van der Waals surface area (Å²) < 4.78 is 46.6. The number of hydrogen-bond donors (Lipinski definition) is 14. The molecule has 0 aliphatic rings. The number of nitrogen functional groups attached to an aromatic ring is 2. The molecule has 29 nitrogen and oxygen atoms in total. The van der Waals surface area contributed by atoms with Crippen molar-refractivity contribution in [2.45, 2.75) is 137 Å². The summed E-state index contributed by atoms with van der Waals surface area (Å²) in [7, 11) is -14.0. The Labute approximate surface area is 574 Å². The number of aromatic nitrogens is 3. The number of nitrogens with one attached hydrogen (secondary N) is 6. The van der Waals surface area contributed by atoms with Gasteiger partial charge in [-0.15, -0.1) is 0 Å². The molecule has 5 aromatic carbocycles. The van der Waals surface area contributed by atoms with Crippen LogP contribution in [0.4, 0.5) is 11.6 Å². The second-order valence-corrected chi connectivity index (χ2v) is 28.3. The van der Waals surface area contributed by atoms with Crippen molar-refractivity contribution in [3.63, 3.8) is 0 Å². The first kappa shape index (κ1) is 80.5. The lowest BCUT2D eigenvalue weighted by atomic mass is 10.0. The van der Waals surface area contributed by atoms with Crippen molar-refractivity contribution >= 4 is 81.3 Å². The number of carbonyl (C=O) groups is 6. The highest BCUT2D eigenvalue weighted by Crippen LogP contribution is 2.39. The minimum atomic E-state index is -4.67. The zero-order valence-corrected chi connectivity index (χ0v) is 58.9. The zero-order valence-electron chi connectivity index (χ0n) is 56.2. The van der Waals surface area contributed by atoms with E-state index in [1.807, 2.05) is 65.0 Å². The number of nitrogens with zero attached hydrogens (tertiary/aromatic N) is 3. The third-order valence-electron chi connectivity index (χ3n) is 14.3. The maximum atomic E-state index is 13.2. The van der Waals surface area contributed by atoms with E-state index in [0.717, 1.165) is 30.0 Å². The predicted octanol–water partition coefficient (Wildman–Crippen LogP) is 7.65. The molecule has 99 heavy (non-hydrogen) atoms. The van der Waals surface area contributed by atoms with Crippen molar-refractivity contribution in [1.29, 1.82) is 0 Å². The standard InChI is InChI=1S/C26H31N2O6P.C21H29N4O6P.C20H28N5O6P/c1-17(2)15-18(3)27-26(30)24(16-19-11-13-21(14-12-19)34-35(31,32)33)28-25(29)23-10-6-8-20-7-4-5-9-22(20)23;1-13(2)10-14(3)24-21(27)18(25-20(26)16-6-9-19(22)23-12-16)11-15-4-7-17(8-5-15)31-32(28,29)30;1-12(2)8-13(3)24-19(26)16(25-20(27)17-10-23-18(21)11-22-17)9-14-4-6-15(7-5-14)31-32(28,29)30/h4-14,17-18,24H,15-16H2,1-3H3,(H,27,30)(H,28,29)(H2,31,32,33);4-9,12-14,18H,10-11H2,1-3H3,(H2,22,23)(H,24,27)(H,25,26)(H2,28,29,30);4-7,10-13,16H,8-9H2,1-3H3,(H2,21,23)(H,24,26)(H,25,27)(H2,28,29,30). The van der Waals surface area contributed by atoms with Crippen molar-refractivity contribution < 1.29 is 85.4 Å². The van der Waals surface area contributed by atoms with Gasteiger partial charge in [0, 0.05) is 49.1 Å². The minimum absolute atomic E-state index is 0.00781. The van der Waals surface area contributed by atoms with Gasteiger partial charge in [0.05, 0.1) is 18.0 Å². The Morgan fingerprint density at radius 2 is 0.768 bits per heavy atom. The van der Waals surface area contributed by atoms with Gasteiger partial charge in [0.1, 0.15) is 52.7 Å². The van der Waals surface area contributed by atoms with Crippen molar-refractivity contribution in [1.82, 2.24) is 46.9 Å². The third-order valence-corrected chi connectivity index (χ3v) is 15.6. The Balaban J connectivity index is 0.000000268. The highest BCUT2D eigenvalue weighted by molar-refractivity contribution is 7.47. The third kappa shape index (κ3) is 30.3. The topological polar surface area (TPSA) is 466 Å². The summed E-state index contributed by atoms with van der Waals surface area (Å²) in [6.45, 7) is 18.1. The Morgan fingerprint density at radius 3 is 1.12 bits per heavy atom. The Bertz CT molecular complexity index is 3790. The average molecular weight is 1430 g/mol. The van der Waals surface area contributed by atoms with E-state index in [1.165, 1.54) is 67.1 Å². The summed E-state index contributed by atoms with van der Waals surface area (Å²) in [5.74, 6) is -0.855. The van der Waals surface area contributed by atoms with E-state index < -0.39 is 53.4 Å². The van der Waals surface area contributed by atoms with Gasteiger partial charge < -0.3 is 56.9 Å².